The first kappa shape index (κ1) is 11.6. The third kappa shape index (κ3) is 3.35. The minimum Gasteiger partial charge on any atom is -0.311 e. The zero-order chi connectivity index (χ0) is 10.4. The zero-order valence-electron chi connectivity index (χ0n) is 9.21. The van der Waals surface area contributed by atoms with Crippen LogP contribution in [0, 0.1) is 0 Å². The van der Waals surface area contributed by atoms with Gasteiger partial charge in [0.2, 0.25) is 0 Å². The van der Waals surface area contributed by atoms with Crippen molar-refractivity contribution in [2.24, 2.45) is 0 Å². The summed E-state index contributed by atoms with van der Waals surface area (Å²) >= 11 is 1.74. The first-order valence-electron chi connectivity index (χ1n) is 5.30. The Balaban J connectivity index is 2.49. The topological polar surface area (TPSA) is 37.8 Å². The van der Waals surface area contributed by atoms with E-state index in [0.29, 0.717) is 5.92 Å². The van der Waals surface area contributed by atoms with Gasteiger partial charge in [-0.3, -0.25) is 0 Å². The van der Waals surface area contributed by atoms with E-state index in [2.05, 4.69) is 36.3 Å². The molecule has 1 unspecified atom stereocenters. The lowest BCUT2D eigenvalue weighted by molar-refractivity contribution is 0.651. The second-order valence-corrected chi connectivity index (χ2v) is 4.60. The predicted molar refractivity (Wildman–Crippen MR) is 60.6 cm³/mol. The summed E-state index contributed by atoms with van der Waals surface area (Å²) in [5.74, 6) is 0.563. The molecule has 1 aromatic rings. The van der Waals surface area contributed by atoms with E-state index in [1.165, 1.54) is 17.8 Å². The van der Waals surface area contributed by atoms with Crippen molar-refractivity contribution in [3.05, 3.63) is 10.0 Å². The summed E-state index contributed by atoms with van der Waals surface area (Å²) in [7, 11) is 0. The van der Waals surface area contributed by atoms with Gasteiger partial charge >= 0.3 is 0 Å². The number of rotatable bonds is 6. The fourth-order valence-electron chi connectivity index (χ4n) is 1.33. The molecule has 0 aromatic carbocycles. The molecule has 0 bridgehead atoms. The maximum absolute atomic E-state index is 4.22. The summed E-state index contributed by atoms with van der Waals surface area (Å²) in [5.41, 5.74) is 0. The maximum atomic E-state index is 4.22. The molecular weight excluding hydrogens is 194 g/mol. The highest BCUT2D eigenvalue weighted by Gasteiger charge is 2.10. The molecule has 3 nitrogen and oxygen atoms in total. The quantitative estimate of drug-likeness (QED) is 0.789. The smallest absolute Gasteiger partial charge is 0.131 e. The highest BCUT2D eigenvalue weighted by atomic mass is 32.1. The van der Waals surface area contributed by atoms with E-state index in [9.17, 15) is 0 Å². The Morgan fingerprint density at radius 1 is 1.36 bits per heavy atom. The molecule has 1 rings (SSSR count). The second-order valence-electron chi connectivity index (χ2n) is 3.50. The van der Waals surface area contributed by atoms with Crippen LogP contribution < -0.4 is 5.32 Å². The van der Waals surface area contributed by atoms with Gasteiger partial charge in [-0.2, -0.15) is 0 Å². The van der Waals surface area contributed by atoms with Crippen LogP contribution in [-0.4, -0.2) is 16.7 Å². The van der Waals surface area contributed by atoms with Crippen molar-refractivity contribution in [3.63, 3.8) is 0 Å². The number of hydrogen-bond acceptors (Lipinski definition) is 4. The van der Waals surface area contributed by atoms with Crippen molar-refractivity contribution in [1.29, 1.82) is 0 Å². The Hall–Kier alpha value is -0.480. The average molecular weight is 213 g/mol. The van der Waals surface area contributed by atoms with Crippen LogP contribution in [0.25, 0.3) is 0 Å². The lowest BCUT2D eigenvalue weighted by atomic mass is 10.1. The predicted octanol–water partition coefficient (Wildman–Crippen LogP) is 2.55. The largest absolute Gasteiger partial charge is 0.311 e. The van der Waals surface area contributed by atoms with Gasteiger partial charge in [0.05, 0.1) is 0 Å². The minimum absolute atomic E-state index is 0.563. The van der Waals surface area contributed by atoms with Crippen molar-refractivity contribution >= 4 is 11.3 Å². The minimum atomic E-state index is 0.563. The van der Waals surface area contributed by atoms with Crippen LogP contribution in [0.5, 0.6) is 0 Å². The molecule has 0 saturated carbocycles. The van der Waals surface area contributed by atoms with Gasteiger partial charge in [0.1, 0.15) is 10.0 Å². The Morgan fingerprint density at radius 2 is 2.14 bits per heavy atom. The number of nitrogens with zero attached hydrogens (tertiary/aromatic N) is 2. The third-order valence-electron chi connectivity index (χ3n) is 2.15. The molecule has 0 radical (unpaired) electrons. The fourth-order valence-corrected chi connectivity index (χ4v) is 2.22. The summed E-state index contributed by atoms with van der Waals surface area (Å²) in [6.07, 6.45) is 2.42. The standard InChI is InChI=1S/C10H19N3S/c1-4-6-8(3)10-13-12-9(14-10)7-11-5-2/h8,11H,4-7H2,1-3H3. The van der Waals surface area contributed by atoms with E-state index in [1.54, 1.807) is 11.3 Å². The summed E-state index contributed by atoms with van der Waals surface area (Å²) in [6.45, 7) is 8.37. The average Bonchev–Trinajstić information content (AvgIpc) is 2.63. The summed E-state index contributed by atoms with van der Waals surface area (Å²) in [5, 5.41) is 13.9. The van der Waals surface area contributed by atoms with E-state index in [-0.39, 0.29) is 0 Å². The van der Waals surface area contributed by atoms with Crippen LogP contribution in [0.15, 0.2) is 0 Å². The highest BCUT2D eigenvalue weighted by Crippen LogP contribution is 2.23. The summed E-state index contributed by atoms with van der Waals surface area (Å²) in [6, 6.07) is 0. The van der Waals surface area contributed by atoms with E-state index in [0.717, 1.165) is 18.1 Å². The molecule has 1 aromatic heterocycles. The van der Waals surface area contributed by atoms with Gasteiger partial charge in [-0.05, 0) is 13.0 Å². The van der Waals surface area contributed by atoms with Gasteiger partial charge in [0.15, 0.2) is 0 Å². The molecule has 0 spiro atoms. The lowest BCUT2D eigenvalue weighted by Gasteiger charge is -2.03. The van der Waals surface area contributed by atoms with Crippen LogP contribution >= 0.6 is 11.3 Å². The Labute approximate surface area is 89.9 Å². The molecular formula is C10H19N3S. The Bertz CT molecular complexity index is 260. The molecule has 4 heteroatoms. The van der Waals surface area contributed by atoms with Crippen molar-refractivity contribution in [2.75, 3.05) is 6.54 Å². The second kappa shape index (κ2) is 6.09. The van der Waals surface area contributed by atoms with Crippen molar-refractivity contribution in [1.82, 2.24) is 15.5 Å². The molecule has 0 amide bonds. The van der Waals surface area contributed by atoms with Crippen molar-refractivity contribution in [3.8, 4) is 0 Å². The SMILES string of the molecule is CCCC(C)c1nnc(CNCC)s1. The molecule has 80 valence electrons. The van der Waals surface area contributed by atoms with Crippen molar-refractivity contribution < 1.29 is 0 Å². The molecule has 1 N–H and O–H groups in total. The van der Waals surface area contributed by atoms with Crippen LogP contribution in [0.2, 0.25) is 0 Å². The van der Waals surface area contributed by atoms with E-state index in [1.807, 2.05) is 0 Å². The van der Waals surface area contributed by atoms with E-state index >= 15 is 0 Å². The zero-order valence-corrected chi connectivity index (χ0v) is 10.0. The van der Waals surface area contributed by atoms with Crippen LogP contribution in [-0.2, 0) is 6.54 Å². The first-order chi connectivity index (χ1) is 6.77. The maximum Gasteiger partial charge on any atom is 0.131 e. The van der Waals surface area contributed by atoms with Gasteiger partial charge in [0.25, 0.3) is 0 Å². The van der Waals surface area contributed by atoms with Crippen LogP contribution in [0.4, 0.5) is 0 Å². The van der Waals surface area contributed by atoms with Gasteiger partial charge in [-0.15, -0.1) is 10.2 Å². The van der Waals surface area contributed by atoms with E-state index in [4.69, 9.17) is 0 Å². The molecule has 0 saturated heterocycles. The molecule has 0 fully saturated rings. The molecule has 0 aliphatic rings. The van der Waals surface area contributed by atoms with Crippen LogP contribution in [0.3, 0.4) is 0 Å². The normalized spacial score (nSPS) is 13.1. The fraction of sp³-hybridized carbons (Fsp3) is 0.800. The molecule has 1 atom stereocenters. The number of nitrogens with one attached hydrogen (secondary N) is 1. The lowest BCUT2D eigenvalue weighted by Crippen LogP contribution is -2.11. The highest BCUT2D eigenvalue weighted by molar-refractivity contribution is 7.11. The van der Waals surface area contributed by atoms with Gasteiger partial charge in [-0.25, -0.2) is 0 Å². The third-order valence-corrected chi connectivity index (χ3v) is 3.31. The molecule has 0 aliphatic carbocycles. The summed E-state index contributed by atoms with van der Waals surface area (Å²) in [4.78, 5) is 0. The van der Waals surface area contributed by atoms with Crippen molar-refractivity contribution in [2.45, 2.75) is 46.1 Å². The number of hydrogen-bond donors (Lipinski definition) is 1. The van der Waals surface area contributed by atoms with Gasteiger partial charge in [0, 0.05) is 12.5 Å². The Kier molecular flexibility index (Phi) is 5.04. The first-order valence-corrected chi connectivity index (χ1v) is 6.12. The van der Waals surface area contributed by atoms with E-state index < -0.39 is 0 Å². The molecule has 0 aliphatic heterocycles. The number of aromatic nitrogens is 2. The molecule has 14 heavy (non-hydrogen) atoms. The van der Waals surface area contributed by atoms with Crippen LogP contribution in [0.1, 0.15) is 49.5 Å². The summed E-state index contributed by atoms with van der Waals surface area (Å²) < 4.78 is 0. The van der Waals surface area contributed by atoms with Gasteiger partial charge < -0.3 is 5.32 Å². The Morgan fingerprint density at radius 3 is 2.79 bits per heavy atom. The monoisotopic (exact) mass is 213 g/mol. The molecule has 1 heterocycles. The van der Waals surface area contributed by atoms with Gasteiger partial charge in [-0.1, -0.05) is 38.5 Å².